The van der Waals surface area contributed by atoms with E-state index in [1.54, 1.807) is 24.3 Å². The van der Waals surface area contributed by atoms with Crippen molar-refractivity contribution in [2.45, 2.75) is 12.8 Å². The van der Waals surface area contributed by atoms with Gasteiger partial charge in [0.1, 0.15) is 0 Å². The highest BCUT2D eigenvalue weighted by Crippen LogP contribution is 2.22. The molecule has 1 aromatic carbocycles. The van der Waals surface area contributed by atoms with E-state index in [4.69, 9.17) is 16.7 Å². The summed E-state index contributed by atoms with van der Waals surface area (Å²) in [5.41, 5.74) is 0.646. The number of nitrogens with zero attached hydrogens (tertiary/aromatic N) is 1. The van der Waals surface area contributed by atoms with E-state index in [-0.39, 0.29) is 11.7 Å². The van der Waals surface area contributed by atoms with Crippen molar-refractivity contribution in [1.29, 1.82) is 0 Å². The fourth-order valence-corrected chi connectivity index (χ4v) is 2.31. The van der Waals surface area contributed by atoms with Gasteiger partial charge in [-0.1, -0.05) is 11.6 Å². The Balaban J connectivity index is 1.99. The van der Waals surface area contributed by atoms with Gasteiger partial charge in [0.15, 0.2) is 5.78 Å². The van der Waals surface area contributed by atoms with Crippen LogP contribution in [0.2, 0.25) is 5.02 Å². The lowest BCUT2D eigenvalue weighted by Crippen LogP contribution is -2.39. The van der Waals surface area contributed by atoms with Crippen molar-refractivity contribution in [3.63, 3.8) is 0 Å². The molecule has 1 amide bonds. The zero-order chi connectivity index (χ0) is 13.1. The van der Waals surface area contributed by atoms with Gasteiger partial charge in [0.2, 0.25) is 0 Å². The Bertz CT molecular complexity index is 450. The lowest BCUT2D eigenvalue weighted by molar-refractivity contribution is 0.0821. The number of ketones is 1. The number of piperidine rings is 1. The molecule has 1 aromatic rings. The molecule has 5 heteroatoms. The van der Waals surface area contributed by atoms with E-state index in [0.717, 1.165) is 0 Å². The van der Waals surface area contributed by atoms with Gasteiger partial charge < -0.3 is 10.0 Å². The SMILES string of the molecule is O=C(c1ccc(Cl)cc1)C1CCN(C(=O)O)CC1. The standard InChI is InChI=1S/C13H14ClNO3/c14-11-3-1-9(2-4-11)12(16)10-5-7-15(8-6-10)13(17)18/h1-4,10H,5-8H2,(H,17,18). The highest BCUT2D eigenvalue weighted by atomic mass is 35.5. The molecule has 0 aliphatic carbocycles. The van der Waals surface area contributed by atoms with E-state index in [2.05, 4.69) is 0 Å². The van der Waals surface area contributed by atoms with Crippen molar-refractivity contribution in [2.24, 2.45) is 5.92 Å². The van der Waals surface area contributed by atoms with Crippen LogP contribution < -0.4 is 0 Å². The number of halogens is 1. The van der Waals surface area contributed by atoms with E-state index in [1.807, 2.05) is 0 Å². The van der Waals surface area contributed by atoms with Crippen LogP contribution in [0.15, 0.2) is 24.3 Å². The maximum atomic E-state index is 12.2. The van der Waals surface area contributed by atoms with Crippen LogP contribution in [0.25, 0.3) is 0 Å². The average Bonchev–Trinajstić information content (AvgIpc) is 2.39. The molecule has 0 saturated carbocycles. The molecule has 18 heavy (non-hydrogen) atoms. The minimum atomic E-state index is -0.910. The number of rotatable bonds is 2. The van der Waals surface area contributed by atoms with Crippen LogP contribution in [-0.2, 0) is 0 Å². The maximum absolute atomic E-state index is 12.2. The first-order valence-corrected chi connectivity index (χ1v) is 6.23. The molecule has 0 unspecified atom stereocenters. The van der Waals surface area contributed by atoms with Gasteiger partial charge in [0, 0.05) is 29.6 Å². The topological polar surface area (TPSA) is 57.6 Å². The third kappa shape index (κ3) is 2.82. The Kier molecular flexibility index (Phi) is 3.87. The second kappa shape index (κ2) is 5.40. The molecular formula is C13H14ClNO3. The lowest BCUT2D eigenvalue weighted by atomic mass is 9.89. The fraction of sp³-hybridized carbons (Fsp3) is 0.385. The van der Waals surface area contributed by atoms with Crippen molar-refractivity contribution in [3.8, 4) is 0 Å². The number of likely N-dealkylation sites (tertiary alicyclic amines) is 1. The molecule has 1 N–H and O–H groups in total. The van der Waals surface area contributed by atoms with E-state index in [1.165, 1.54) is 4.90 Å². The summed E-state index contributed by atoms with van der Waals surface area (Å²) in [5, 5.41) is 9.44. The number of carbonyl (C=O) groups excluding carboxylic acids is 1. The summed E-state index contributed by atoms with van der Waals surface area (Å²) in [7, 11) is 0. The van der Waals surface area contributed by atoms with Gasteiger partial charge >= 0.3 is 6.09 Å². The summed E-state index contributed by atoms with van der Waals surface area (Å²) in [6.07, 6.45) is 0.272. The van der Waals surface area contributed by atoms with Crippen molar-refractivity contribution in [1.82, 2.24) is 4.90 Å². The lowest BCUT2D eigenvalue weighted by Gasteiger charge is -2.29. The number of carbonyl (C=O) groups is 2. The smallest absolute Gasteiger partial charge is 0.407 e. The summed E-state index contributed by atoms with van der Waals surface area (Å²) >= 11 is 5.77. The molecule has 1 aliphatic heterocycles. The number of hydrogen-bond acceptors (Lipinski definition) is 2. The van der Waals surface area contributed by atoms with E-state index in [9.17, 15) is 9.59 Å². The summed E-state index contributed by atoms with van der Waals surface area (Å²) < 4.78 is 0. The molecular weight excluding hydrogens is 254 g/mol. The van der Waals surface area contributed by atoms with Crippen LogP contribution in [0.5, 0.6) is 0 Å². The molecule has 0 spiro atoms. The first kappa shape index (κ1) is 12.9. The minimum absolute atomic E-state index is 0.0803. The van der Waals surface area contributed by atoms with E-state index < -0.39 is 6.09 Å². The minimum Gasteiger partial charge on any atom is -0.465 e. The van der Waals surface area contributed by atoms with Crippen molar-refractivity contribution in [3.05, 3.63) is 34.9 Å². The van der Waals surface area contributed by atoms with Crippen LogP contribution in [0, 0.1) is 5.92 Å². The van der Waals surface area contributed by atoms with Gasteiger partial charge in [-0.15, -0.1) is 0 Å². The summed E-state index contributed by atoms with van der Waals surface area (Å²) in [5.74, 6) is -0.00141. The molecule has 0 radical (unpaired) electrons. The average molecular weight is 268 g/mol. The van der Waals surface area contributed by atoms with Crippen LogP contribution in [0.1, 0.15) is 23.2 Å². The Morgan fingerprint density at radius 2 is 1.72 bits per heavy atom. The predicted octanol–water partition coefficient (Wildman–Crippen LogP) is 2.91. The first-order valence-electron chi connectivity index (χ1n) is 5.85. The molecule has 1 heterocycles. The molecule has 0 atom stereocenters. The van der Waals surface area contributed by atoms with Crippen molar-refractivity contribution in [2.75, 3.05) is 13.1 Å². The van der Waals surface area contributed by atoms with Gasteiger partial charge in [-0.25, -0.2) is 4.79 Å². The van der Waals surface area contributed by atoms with Gasteiger partial charge in [-0.3, -0.25) is 4.79 Å². The normalized spacial score (nSPS) is 16.6. The Labute approximate surface area is 110 Å². The Hall–Kier alpha value is -1.55. The van der Waals surface area contributed by atoms with Gasteiger partial charge in [0.05, 0.1) is 0 Å². The molecule has 1 aliphatic rings. The number of amides is 1. The van der Waals surface area contributed by atoms with Crippen LogP contribution in [0.3, 0.4) is 0 Å². The largest absolute Gasteiger partial charge is 0.465 e. The van der Waals surface area contributed by atoms with Crippen molar-refractivity contribution < 1.29 is 14.7 Å². The number of hydrogen-bond donors (Lipinski definition) is 1. The monoisotopic (exact) mass is 267 g/mol. The Morgan fingerprint density at radius 3 is 2.22 bits per heavy atom. The first-order chi connectivity index (χ1) is 8.58. The molecule has 0 bridgehead atoms. The molecule has 0 aromatic heterocycles. The van der Waals surface area contributed by atoms with E-state index >= 15 is 0 Å². The number of carboxylic acid groups (broad SMARTS) is 1. The quantitative estimate of drug-likeness (QED) is 0.838. The van der Waals surface area contributed by atoms with Gasteiger partial charge in [0.25, 0.3) is 0 Å². The van der Waals surface area contributed by atoms with Gasteiger partial charge in [-0.05, 0) is 37.1 Å². The Morgan fingerprint density at radius 1 is 1.17 bits per heavy atom. The number of Topliss-reactive ketones (excluding diaryl/α,β-unsaturated/α-hetero) is 1. The van der Waals surface area contributed by atoms with Crippen molar-refractivity contribution >= 4 is 23.5 Å². The highest BCUT2D eigenvalue weighted by Gasteiger charge is 2.27. The maximum Gasteiger partial charge on any atom is 0.407 e. The van der Waals surface area contributed by atoms with Crippen LogP contribution in [-0.4, -0.2) is 35.0 Å². The summed E-state index contributed by atoms with van der Waals surface area (Å²) in [6, 6.07) is 6.82. The highest BCUT2D eigenvalue weighted by molar-refractivity contribution is 6.30. The second-order valence-corrected chi connectivity index (χ2v) is 4.85. The summed E-state index contributed by atoms with van der Waals surface area (Å²) in [6.45, 7) is 0.860. The zero-order valence-corrected chi connectivity index (χ0v) is 10.6. The van der Waals surface area contributed by atoms with Crippen LogP contribution in [0.4, 0.5) is 4.79 Å². The molecule has 2 rings (SSSR count). The fourth-order valence-electron chi connectivity index (χ4n) is 2.18. The summed E-state index contributed by atoms with van der Waals surface area (Å²) in [4.78, 5) is 24.3. The van der Waals surface area contributed by atoms with E-state index in [0.29, 0.717) is 36.5 Å². The molecule has 4 nitrogen and oxygen atoms in total. The number of benzene rings is 1. The van der Waals surface area contributed by atoms with Crippen LogP contribution >= 0.6 is 11.6 Å². The third-order valence-electron chi connectivity index (χ3n) is 3.27. The molecule has 1 saturated heterocycles. The third-order valence-corrected chi connectivity index (χ3v) is 3.52. The van der Waals surface area contributed by atoms with Gasteiger partial charge in [-0.2, -0.15) is 0 Å². The second-order valence-electron chi connectivity index (χ2n) is 4.42. The zero-order valence-electron chi connectivity index (χ0n) is 9.80. The predicted molar refractivity (Wildman–Crippen MR) is 68.1 cm³/mol. The molecule has 96 valence electrons. The molecule has 1 fully saturated rings.